The lowest BCUT2D eigenvalue weighted by Crippen LogP contribution is -2.29. The quantitative estimate of drug-likeness (QED) is 0.610. The van der Waals surface area contributed by atoms with Gasteiger partial charge in [-0.2, -0.15) is 0 Å². The van der Waals surface area contributed by atoms with Crippen LogP contribution in [0.2, 0.25) is 0 Å². The summed E-state index contributed by atoms with van der Waals surface area (Å²) in [5, 5.41) is 24.9. The normalized spacial score (nSPS) is 9.12. The van der Waals surface area contributed by atoms with E-state index in [0.717, 1.165) is 19.2 Å². The van der Waals surface area contributed by atoms with Crippen molar-refractivity contribution >= 4 is 20.6 Å². The molecule has 0 aromatic heterocycles. The molecular formula is C12H14B2O3. The summed E-state index contributed by atoms with van der Waals surface area (Å²) in [6.45, 7) is 0. The summed E-state index contributed by atoms with van der Waals surface area (Å²) in [5.41, 5.74) is 2.70. The van der Waals surface area contributed by atoms with Crippen molar-refractivity contribution in [2.75, 3.05) is 0 Å². The molecule has 0 atom stereocenters. The molecule has 5 heteroatoms. The van der Waals surface area contributed by atoms with Gasteiger partial charge in [-0.05, 0) is 16.6 Å². The van der Waals surface area contributed by atoms with E-state index in [0.29, 0.717) is 5.46 Å². The zero-order valence-electron chi connectivity index (χ0n) is 9.62. The molecule has 0 radical (unpaired) electrons. The molecule has 0 aliphatic rings. The van der Waals surface area contributed by atoms with Gasteiger partial charge < -0.3 is 15.1 Å². The first-order valence-corrected chi connectivity index (χ1v) is 5.23. The van der Waals surface area contributed by atoms with Gasteiger partial charge in [-0.3, -0.25) is 0 Å². The lowest BCUT2D eigenvalue weighted by molar-refractivity contribution is 0.426. The summed E-state index contributed by atoms with van der Waals surface area (Å²) < 4.78 is 0. The monoisotopic (exact) mass is 228 g/mol. The Hall–Kier alpha value is -1.55. The minimum Gasteiger partial charge on any atom is -0.458 e. The fourth-order valence-corrected chi connectivity index (χ4v) is 1.48. The van der Waals surface area contributed by atoms with E-state index in [9.17, 15) is 0 Å². The topological polar surface area (TPSA) is 60.7 Å². The van der Waals surface area contributed by atoms with Crippen molar-refractivity contribution < 1.29 is 15.1 Å². The predicted octanol–water partition coefficient (Wildman–Crippen LogP) is -0.440. The molecule has 2 rings (SSSR count). The minimum atomic E-state index is -1.39. The molecule has 0 amide bonds. The van der Waals surface area contributed by atoms with Gasteiger partial charge in [0.1, 0.15) is 0 Å². The van der Waals surface area contributed by atoms with Gasteiger partial charge in [0.05, 0.1) is 0 Å². The van der Waals surface area contributed by atoms with E-state index in [1.54, 1.807) is 12.1 Å². The molecule has 3 nitrogen and oxygen atoms in total. The summed E-state index contributed by atoms with van der Waals surface area (Å²) in [6.07, 6.45) is 0. The van der Waals surface area contributed by atoms with Crippen molar-refractivity contribution in [3.05, 3.63) is 54.6 Å². The molecule has 3 N–H and O–H groups in total. The number of hydrogen-bond acceptors (Lipinski definition) is 3. The van der Waals surface area contributed by atoms with Gasteiger partial charge in [-0.25, -0.2) is 0 Å². The van der Waals surface area contributed by atoms with Crippen molar-refractivity contribution in [1.82, 2.24) is 0 Å². The fraction of sp³-hybridized carbons (Fsp3) is 0. The SMILES string of the molecule is BO.OB(O)c1ccc(-c2ccccc2)cc1. The fourth-order valence-electron chi connectivity index (χ4n) is 1.48. The van der Waals surface area contributed by atoms with Gasteiger partial charge in [-0.1, -0.05) is 54.6 Å². The van der Waals surface area contributed by atoms with E-state index in [1.807, 2.05) is 42.5 Å². The van der Waals surface area contributed by atoms with Gasteiger partial charge >= 0.3 is 7.12 Å². The van der Waals surface area contributed by atoms with Crippen LogP contribution >= 0.6 is 0 Å². The maximum atomic E-state index is 8.94. The molecule has 17 heavy (non-hydrogen) atoms. The molecule has 2 aromatic rings. The van der Waals surface area contributed by atoms with E-state index < -0.39 is 7.12 Å². The van der Waals surface area contributed by atoms with Crippen LogP contribution in [0.4, 0.5) is 0 Å². The average molecular weight is 228 g/mol. The first-order chi connectivity index (χ1) is 8.27. The second kappa shape index (κ2) is 6.91. The van der Waals surface area contributed by atoms with Gasteiger partial charge in [0, 0.05) is 0 Å². The molecule has 0 aliphatic carbocycles. The van der Waals surface area contributed by atoms with E-state index >= 15 is 0 Å². The Balaban J connectivity index is 0.000000686. The summed E-state index contributed by atoms with van der Waals surface area (Å²) in [6, 6.07) is 17.1. The zero-order chi connectivity index (χ0) is 12.7. The Morgan fingerprint density at radius 3 is 1.65 bits per heavy atom. The van der Waals surface area contributed by atoms with Crippen LogP contribution in [0.1, 0.15) is 0 Å². The summed E-state index contributed by atoms with van der Waals surface area (Å²) in [5.74, 6) is 0. The molecule has 0 spiro atoms. The second-order valence-corrected chi connectivity index (χ2v) is 3.36. The molecule has 0 aliphatic heterocycles. The molecule has 0 heterocycles. The van der Waals surface area contributed by atoms with Crippen LogP contribution in [0.15, 0.2) is 54.6 Å². The minimum absolute atomic E-state index is 0.509. The molecule has 0 saturated heterocycles. The Kier molecular flexibility index (Phi) is 5.49. The lowest BCUT2D eigenvalue weighted by atomic mass is 9.80. The second-order valence-electron chi connectivity index (χ2n) is 3.36. The highest BCUT2D eigenvalue weighted by molar-refractivity contribution is 6.58. The molecule has 2 aromatic carbocycles. The zero-order valence-corrected chi connectivity index (χ0v) is 9.62. The van der Waals surface area contributed by atoms with Crippen LogP contribution in [0.5, 0.6) is 0 Å². The molecule has 86 valence electrons. The first-order valence-electron chi connectivity index (χ1n) is 5.23. The van der Waals surface area contributed by atoms with E-state index in [2.05, 4.69) is 0 Å². The van der Waals surface area contributed by atoms with Crippen LogP contribution in [0.25, 0.3) is 11.1 Å². The van der Waals surface area contributed by atoms with Gasteiger partial charge in [0.25, 0.3) is 8.05 Å². The van der Waals surface area contributed by atoms with Crippen LogP contribution < -0.4 is 5.46 Å². The summed E-state index contributed by atoms with van der Waals surface area (Å²) in [7, 11) is -0.394. The molecule has 0 unspecified atom stereocenters. The Labute approximate surface area is 102 Å². The highest BCUT2D eigenvalue weighted by Crippen LogP contribution is 2.16. The van der Waals surface area contributed by atoms with Crippen molar-refractivity contribution in [2.45, 2.75) is 0 Å². The smallest absolute Gasteiger partial charge is 0.458 e. The van der Waals surface area contributed by atoms with Gasteiger partial charge in [0.2, 0.25) is 0 Å². The highest BCUT2D eigenvalue weighted by Gasteiger charge is 2.09. The van der Waals surface area contributed by atoms with Crippen LogP contribution in [-0.2, 0) is 0 Å². The Morgan fingerprint density at radius 1 is 0.706 bits per heavy atom. The maximum Gasteiger partial charge on any atom is 0.488 e. The first kappa shape index (κ1) is 13.5. The number of hydrogen-bond donors (Lipinski definition) is 3. The highest BCUT2D eigenvalue weighted by atomic mass is 16.4. The van der Waals surface area contributed by atoms with Crippen LogP contribution in [0, 0.1) is 0 Å². The number of rotatable bonds is 2. The molecular weight excluding hydrogens is 214 g/mol. The molecule has 0 fully saturated rings. The average Bonchev–Trinajstić information content (AvgIpc) is 2.42. The van der Waals surface area contributed by atoms with Crippen molar-refractivity contribution in [3.8, 4) is 11.1 Å². The maximum absolute atomic E-state index is 8.94. The summed E-state index contributed by atoms with van der Waals surface area (Å²) in [4.78, 5) is 0. The largest absolute Gasteiger partial charge is 0.488 e. The molecule has 0 saturated carbocycles. The van der Waals surface area contributed by atoms with Crippen LogP contribution in [-0.4, -0.2) is 30.2 Å². The van der Waals surface area contributed by atoms with E-state index in [4.69, 9.17) is 15.1 Å². The van der Waals surface area contributed by atoms with Crippen LogP contribution in [0.3, 0.4) is 0 Å². The van der Waals surface area contributed by atoms with Crippen molar-refractivity contribution in [1.29, 1.82) is 0 Å². The van der Waals surface area contributed by atoms with E-state index in [-0.39, 0.29) is 0 Å². The third-order valence-corrected chi connectivity index (χ3v) is 2.32. The summed E-state index contributed by atoms with van der Waals surface area (Å²) >= 11 is 0. The third kappa shape index (κ3) is 3.75. The third-order valence-electron chi connectivity index (χ3n) is 2.32. The van der Waals surface area contributed by atoms with Gasteiger partial charge in [-0.15, -0.1) is 0 Å². The van der Waals surface area contributed by atoms with Gasteiger partial charge in [0.15, 0.2) is 0 Å². The standard InChI is InChI=1S/C12H11BO2.BH3O/c14-13(15)12-8-6-11(7-9-12)10-4-2-1-3-5-10;1-2/h1-9,14-15H;2H,1H2. The van der Waals surface area contributed by atoms with Crippen molar-refractivity contribution in [2.24, 2.45) is 0 Å². The van der Waals surface area contributed by atoms with E-state index in [1.165, 1.54) is 0 Å². The lowest BCUT2D eigenvalue weighted by Gasteiger charge is -2.03. The Bertz CT molecular complexity index is 429. The molecule has 0 bridgehead atoms. The van der Waals surface area contributed by atoms with Crippen molar-refractivity contribution in [3.63, 3.8) is 0 Å². The number of benzene rings is 2. The predicted molar refractivity (Wildman–Crippen MR) is 72.5 cm³/mol. The Morgan fingerprint density at radius 2 is 1.18 bits per heavy atom.